The molecule has 1 aromatic carbocycles. The summed E-state index contributed by atoms with van der Waals surface area (Å²) in [6.45, 7) is 10.1. The molecule has 1 amide bonds. The van der Waals surface area contributed by atoms with Crippen molar-refractivity contribution in [3.05, 3.63) is 52.8 Å². The minimum Gasteiger partial charge on any atom is -0.497 e. The largest absolute Gasteiger partial charge is 0.497 e. The zero-order valence-corrected chi connectivity index (χ0v) is 18.6. The minimum atomic E-state index is -0.222. The zero-order chi connectivity index (χ0) is 21.6. The van der Waals surface area contributed by atoms with Crippen molar-refractivity contribution in [2.75, 3.05) is 7.11 Å². The predicted molar refractivity (Wildman–Crippen MR) is 118 cm³/mol. The Labute approximate surface area is 177 Å². The number of amides is 1. The molecular weight excluding hydrogens is 376 g/mol. The monoisotopic (exact) mass is 406 g/mol. The van der Waals surface area contributed by atoms with Crippen LogP contribution in [0, 0.1) is 19.8 Å². The summed E-state index contributed by atoms with van der Waals surface area (Å²) in [7, 11) is 1.66. The molecular formula is C24H30N4O2. The first-order valence-electron chi connectivity index (χ1n) is 10.5. The standard InChI is InChI=1S/C24H30N4O2/c1-14-13-19(20-15(2)27-28(22(20)25-14)24(3,4)5)23(29)26-21(16-7-8-16)17-9-11-18(30-6)12-10-17/h9-13,16,21H,7-8H2,1-6H3,(H,26,29)/t21-/m0/s1. The van der Waals surface area contributed by atoms with Crippen molar-refractivity contribution in [2.45, 2.75) is 59.0 Å². The molecule has 1 N–H and O–H groups in total. The van der Waals surface area contributed by atoms with Gasteiger partial charge in [-0.3, -0.25) is 4.79 Å². The Bertz CT molecular complexity index is 1090. The van der Waals surface area contributed by atoms with Crippen LogP contribution in [0.1, 0.15) is 67.0 Å². The van der Waals surface area contributed by atoms with E-state index in [0.717, 1.165) is 46.6 Å². The van der Waals surface area contributed by atoms with Crippen LogP contribution in [0.2, 0.25) is 0 Å². The van der Waals surface area contributed by atoms with Crippen LogP contribution in [0.5, 0.6) is 5.75 Å². The Morgan fingerprint density at radius 2 is 1.87 bits per heavy atom. The highest BCUT2D eigenvalue weighted by Gasteiger charge is 2.34. The lowest BCUT2D eigenvalue weighted by atomic mass is 10.0. The molecule has 1 atom stereocenters. The second-order valence-corrected chi connectivity index (χ2v) is 9.24. The van der Waals surface area contributed by atoms with Crippen LogP contribution in [0.15, 0.2) is 30.3 Å². The smallest absolute Gasteiger partial charge is 0.252 e. The predicted octanol–water partition coefficient (Wildman–Crippen LogP) is 4.69. The molecule has 6 nitrogen and oxygen atoms in total. The van der Waals surface area contributed by atoms with Gasteiger partial charge in [-0.1, -0.05) is 12.1 Å². The molecule has 0 radical (unpaired) electrons. The van der Waals surface area contributed by atoms with E-state index in [4.69, 9.17) is 14.8 Å². The van der Waals surface area contributed by atoms with Crippen molar-refractivity contribution in [3.63, 3.8) is 0 Å². The number of rotatable bonds is 5. The number of aryl methyl sites for hydroxylation is 2. The number of ether oxygens (including phenoxy) is 1. The summed E-state index contributed by atoms with van der Waals surface area (Å²) in [6, 6.07) is 9.84. The quantitative estimate of drug-likeness (QED) is 0.667. The highest BCUT2D eigenvalue weighted by molar-refractivity contribution is 6.06. The fourth-order valence-corrected chi connectivity index (χ4v) is 3.99. The molecule has 4 rings (SSSR count). The summed E-state index contributed by atoms with van der Waals surface area (Å²) in [5.41, 5.74) is 3.93. The van der Waals surface area contributed by atoms with Crippen LogP contribution in [-0.2, 0) is 5.54 Å². The first-order chi connectivity index (χ1) is 14.2. The molecule has 1 aliphatic rings. The number of fused-ring (bicyclic) bond motifs is 1. The highest BCUT2D eigenvalue weighted by Crippen LogP contribution is 2.41. The van der Waals surface area contributed by atoms with Crippen molar-refractivity contribution in [1.82, 2.24) is 20.1 Å². The van der Waals surface area contributed by atoms with E-state index in [1.54, 1.807) is 7.11 Å². The molecule has 30 heavy (non-hydrogen) atoms. The third-order valence-electron chi connectivity index (χ3n) is 5.68. The zero-order valence-electron chi connectivity index (χ0n) is 18.6. The summed E-state index contributed by atoms with van der Waals surface area (Å²) < 4.78 is 7.20. The van der Waals surface area contributed by atoms with Gasteiger partial charge >= 0.3 is 0 Å². The number of carbonyl (C=O) groups excluding carboxylic acids is 1. The molecule has 2 heterocycles. The van der Waals surface area contributed by atoms with E-state index in [1.807, 2.05) is 48.9 Å². The van der Waals surface area contributed by atoms with E-state index >= 15 is 0 Å². The lowest BCUT2D eigenvalue weighted by molar-refractivity contribution is 0.0933. The third-order valence-corrected chi connectivity index (χ3v) is 5.68. The summed E-state index contributed by atoms with van der Waals surface area (Å²) in [5.74, 6) is 1.21. The highest BCUT2D eigenvalue weighted by atomic mass is 16.5. The van der Waals surface area contributed by atoms with Crippen LogP contribution in [-0.4, -0.2) is 27.8 Å². The van der Waals surface area contributed by atoms with Crippen LogP contribution in [0.3, 0.4) is 0 Å². The second kappa shape index (κ2) is 7.42. The summed E-state index contributed by atoms with van der Waals surface area (Å²) >= 11 is 0. The van der Waals surface area contributed by atoms with E-state index in [-0.39, 0.29) is 17.5 Å². The first-order valence-corrected chi connectivity index (χ1v) is 10.5. The molecule has 2 aromatic heterocycles. The number of benzene rings is 1. The van der Waals surface area contributed by atoms with Gasteiger partial charge in [0.15, 0.2) is 5.65 Å². The Balaban J connectivity index is 1.72. The van der Waals surface area contributed by atoms with E-state index in [2.05, 4.69) is 26.1 Å². The van der Waals surface area contributed by atoms with E-state index in [9.17, 15) is 4.79 Å². The number of aromatic nitrogens is 3. The lowest BCUT2D eigenvalue weighted by Gasteiger charge is -2.21. The van der Waals surface area contributed by atoms with Gasteiger partial charge in [0.25, 0.3) is 5.91 Å². The summed E-state index contributed by atoms with van der Waals surface area (Å²) in [5, 5.41) is 8.84. The van der Waals surface area contributed by atoms with Crippen LogP contribution in [0.4, 0.5) is 0 Å². The molecule has 1 fully saturated rings. The van der Waals surface area contributed by atoms with E-state index in [1.165, 1.54) is 0 Å². The van der Waals surface area contributed by atoms with Crippen molar-refractivity contribution in [3.8, 4) is 5.75 Å². The van der Waals surface area contributed by atoms with Crippen molar-refractivity contribution in [2.24, 2.45) is 5.92 Å². The lowest BCUT2D eigenvalue weighted by Crippen LogP contribution is -2.30. The maximum Gasteiger partial charge on any atom is 0.252 e. The molecule has 0 spiro atoms. The van der Waals surface area contributed by atoms with Crippen LogP contribution in [0.25, 0.3) is 11.0 Å². The maximum absolute atomic E-state index is 13.5. The van der Waals surface area contributed by atoms with Gasteiger partial charge in [-0.05, 0) is 77.1 Å². The fraction of sp³-hybridized carbons (Fsp3) is 0.458. The number of hydrogen-bond acceptors (Lipinski definition) is 4. The Morgan fingerprint density at radius 3 is 2.43 bits per heavy atom. The molecule has 6 heteroatoms. The second-order valence-electron chi connectivity index (χ2n) is 9.24. The fourth-order valence-electron chi connectivity index (χ4n) is 3.99. The Kier molecular flexibility index (Phi) is 5.04. The van der Waals surface area contributed by atoms with Gasteiger partial charge in [0, 0.05) is 5.69 Å². The van der Waals surface area contributed by atoms with Gasteiger partial charge in [0.2, 0.25) is 0 Å². The SMILES string of the molecule is COc1ccc([C@@H](NC(=O)c2cc(C)nc3c2c(C)nn3C(C)(C)C)C2CC2)cc1. The molecule has 158 valence electrons. The number of pyridine rings is 1. The normalized spacial score (nSPS) is 15.3. The molecule has 0 unspecified atom stereocenters. The number of carbonyl (C=O) groups is 1. The minimum absolute atomic E-state index is 0.00936. The summed E-state index contributed by atoms with van der Waals surface area (Å²) in [4.78, 5) is 18.2. The van der Waals surface area contributed by atoms with Crippen LogP contribution >= 0.6 is 0 Å². The number of methoxy groups -OCH3 is 1. The number of hydrogen-bond donors (Lipinski definition) is 1. The van der Waals surface area contributed by atoms with Gasteiger partial charge in [-0.25, -0.2) is 9.67 Å². The van der Waals surface area contributed by atoms with Gasteiger partial charge in [-0.15, -0.1) is 0 Å². The topological polar surface area (TPSA) is 69.0 Å². The average Bonchev–Trinajstić information content (AvgIpc) is 3.48. The molecule has 1 saturated carbocycles. The number of nitrogens with one attached hydrogen (secondary N) is 1. The average molecular weight is 407 g/mol. The molecule has 3 aromatic rings. The Hall–Kier alpha value is -2.89. The van der Waals surface area contributed by atoms with Crippen molar-refractivity contribution >= 4 is 16.9 Å². The van der Waals surface area contributed by atoms with Gasteiger partial charge in [0.1, 0.15) is 5.75 Å². The van der Waals surface area contributed by atoms with Gasteiger partial charge in [-0.2, -0.15) is 5.10 Å². The molecule has 1 aliphatic carbocycles. The Morgan fingerprint density at radius 1 is 1.20 bits per heavy atom. The first kappa shape index (κ1) is 20.4. The number of nitrogens with zero attached hydrogens (tertiary/aromatic N) is 3. The van der Waals surface area contributed by atoms with Crippen molar-refractivity contribution in [1.29, 1.82) is 0 Å². The van der Waals surface area contributed by atoms with E-state index in [0.29, 0.717) is 11.5 Å². The third kappa shape index (κ3) is 3.78. The van der Waals surface area contributed by atoms with Crippen molar-refractivity contribution < 1.29 is 9.53 Å². The van der Waals surface area contributed by atoms with Gasteiger partial charge < -0.3 is 10.1 Å². The summed E-state index contributed by atoms with van der Waals surface area (Å²) in [6.07, 6.45) is 2.26. The molecule has 0 saturated heterocycles. The van der Waals surface area contributed by atoms with Crippen LogP contribution < -0.4 is 10.1 Å². The van der Waals surface area contributed by atoms with Gasteiger partial charge in [0.05, 0.1) is 35.3 Å². The van der Waals surface area contributed by atoms with E-state index < -0.39 is 0 Å². The molecule has 0 aliphatic heterocycles. The maximum atomic E-state index is 13.5. The molecule has 0 bridgehead atoms.